The second-order valence-electron chi connectivity index (χ2n) is 3.87. The maximum atomic E-state index is 5.30. The number of hydrogen-bond acceptors (Lipinski definition) is 2. The molecule has 0 saturated heterocycles. The number of nitrogens with one attached hydrogen (secondary N) is 1. The predicted molar refractivity (Wildman–Crippen MR) is 83.4 cm³/mol. The number of terminal acetylenes is 1. The van der Waals surface area contributed by atoms with E-state index in [-0.39, 0.29) is 0 Å². The van der Waals surface area contributed by atoms with E-state index >= 15 is 0 Å². The number of halogens is 2. The molecule has 0 aliphatic heterocycles. The van der Waals surface area contributed by atoms with Gasteiger partial charge in [-0.2, -0.15) is 0 Å². The molecule has 94 valence electrons. The molecule has 1 N–H and O–H groups in total. The van der Waals surface area contributed by atoms with Crippen LogP contribution in [0.3, 0.4) is 0 Å². The van der Waals surface area contributed by atoms with Crippen molar-refractivity contribution in [2.45, 2.75) is 38.6 Å². The topological polar surface area (TPSA) is 12.0 Å². The summed E-state index contributed by atoms with van der Waals surface area (Å²) in [4.78, 5) is 1.37. The third-order valence-corrected chi connectivity index (χ3v) is 5.83. The molecule has 0 fully saturated rings. The summed E-state index contributed by atoms with van der Waals surface area (Å²) in [5, 5.41) is 3.59. The van der Waals surface area contributed by atoms with Gasteiger partial charge in [0.1, 0.15) is 0 Å². The molecule has 1 rings (SSSR count). The number of hydrogen-bond donors (Lipinski definition) is 1. The van der Waals surface area contributed by atoms with Gasteiger partial charge in [-0.3, -0.25) is 0 Å². The fourth-order valence-electron chi connectivity index (χ4n) is 1.61. The molecule has 0 aliphatic carbocycles. The normalized spacial score (nSPS) is 12.4. The molecule has 0 bridgehead atoms. The van der Waals surface area contributed by atoms with Crippen LogP contribution in [0.2, 0.25) is 0 Å². The van der Waals surface area contributed by atoms with Crippen molar-refractivity contribution < 1.29 is 0 Å². The van der Waals surface area contributed by atoms with E-state index in [4.69, 9.17) is 6.42 Å². The fraction of sp³-hybridized carbons (Fsp3) is 0.538. The first-order valence-electron chi connectivity index (χ1n) is 5.80. The van der Waals surface area contributed by atoms with Crippen molar-refractivity contribution in [1.29, 1.82) is 0 Å². The van der Waals surface area contributed by atoms with Crippen LogP contribution in [0.5, 0.6) is 0 Å². The molecular formula is C13H17Br2NS. The molecule has 0 radical (unpaired) electrons. The molecule has 0 aliphatic rings. The Kier molecular flexibility index (Phi) is 7.45. The Labute approximate surface area is 125 Å². The molecule has 0 spiro atoms. The average molecular weight is 379 g/mol. The highest BCUT2D eigenvalue weighted by Crippen LogP contribution is 2.36. The van der Waals surface area contributed by atoms with Crippen LogP contribution in [-0.2, 0) is 0 Å². The monoisotopic (exact) mass is 377 g/mol. The third kappa shape index (κ3) is 5.13. The van der Waals surface area contributed by atoms with Crippen molar-refractivity contribution in [3.63, 3.8) is 0 Å². The van der Waals surface area contributed by atoms with Crippen molar-refractivity contribution >= 4 is 43.2 Å². The zero-order chi connectivity index (χ0) is 12.7. The second kappa shape index (κ2) is 8.31. The number of rotatable bonds is 7. The lowest BCUT2D eigenvalue weighted by atomic mass is 10.1. The van der Waals surface area contributed by atoms with E-state index in [1.54, 1.807) is 11.3 Å². The first-order chi connectivity index (χ1) is 8.19. The SMILES string of the molecule is C#CCCCC(NCCC)c1cc(Br)c(Br)s1. The Balaban J connectivity index is 2.64. The highest BCUT2D eigenvalue weighted by Gasteiger charge is 2.14. The van der Waals surface area contributed by atoms with Crippen LogP contribution in [0.25, 0.3) is 0 Å². The standard InChI is InChI=1S/C13H17Br2NS/c1-3-5-6-7-11(16-8-4-2)12-9-10(14)13(15)17-12/h1,9,11,16H,4-8H2,2H3. The average Bonchev–Trinajstić information content (AvgIpc) is 2.64. The molecule has 1 unspecified atom stereocenters. The molecule has 1 aromatic heterocycles. The smallest absolute Gasteiger partial charge is 0.0843 e. The molecular weight excluding hydrogens is 362 g/mol. The Morgan fingerprint density at radius 2 is 2.29 bits per heavy atom. The Bertz CT molecular complexity index is 362. The minimum atomic E-state index is 0.427. The molecule has 17 heavy (non-hydrogen) atoms. The van der Waals surface area contributed by atoms with Crippen molar-refractivity contribution in [3.8, 4) is 12.3 Å². The minimum Gasteiger partial charge on any atom is -0.309 e. The summed E-state index contributed by atoms with van der Waals surface area (Å²) in [6, 6.07) is 2.62. The number of unbranched alkanes of at least 4 members (excludes halogenated alkanes) is 1. The summed E-state index contributed by atoms with van der Waals surface area (Å²) in [5.41, 5.74) is 0. The molecule has 1 aromatic rings. The van der Waals surface area contributed by atoms with Gasteiger partial charge in [0.2, 0.25) is 0 Å². The van der Waals surface area contributed by atoms with Gasteiger partial charge in [-0.05, 0) is 63.7 Å². The Hall–Kier alpha value is 0.180. The van der Waals surface area contributed by atoms with Gasteiger partial charge in [0, 0.05) is 21.8 Å². The van der Waals surface area contributed by atoms with Gasteiger partial charge in [-0.25, -0.2) is 0 Å². The van der Waals surface area contributed by atoms with E-state index in [2.05, 4.69) is 56.1 Å². The molecule has 1 heterocycles. The highest BCUT2D eigenvalue weighted by atomic mass is 79.9. The van der Waals surface area contributed by atoms with Gasteiger partial charge in [0.05, 0.1) is 3.79 Å². The van der Waals surface area contributed by atoms with E-state index in [9.17, 15) is 0 Å². The summed E-state index contributed by atoms with van der Waals surface area (Å²) in [5.74, 6) is 2.70. The van der Waals surface area contributed by atoms with Crippen LogP contribution < -0.4 is 5.32 Å². The zero-order valence-electron chi connectivity index (χ0n) is 9.93. The Morgan fingerprint density at radius 3 is 2.82 bits per heavy atom. The molecule has 0 saturated carbocycles. The third-order valence-electron chi connectivity index (χ3n) is 2.46. The summed E-state index contributed by atoms with van der Waals surface area (Å²) >= 11 is 8.87. The lowest BCUT2D eigenvalue weighted by Gasteiger charge is -2.16. The van der Waals surface area contributed by atoms with E-state index in [1.165, 1.54) is 4.88 Å². The summed E-state index contributed by atoms with van der Waals surface area (Å²) in [7, 11) is 0. The number of thiophene rings is 1. The fourth-order valence-corrected chi connectivity index (χ4v) is 3.81. The summed E-state index contributed by atoms with van der Waals surface area (Å²) in [6.45, 7) is 3.24. The van der Waals surface area contributed by atoms with Crippen molar-refractivity contribution in [1.82, 2.24) is 5.32 Å². The maximum Gasteiger partial charge on any atom is 0.0843 e. The van der Waals surface area contributed by atoms with Gasteiger partial charge < -0.3 is 5.32 Å². The van der Waals surface area contributed by atoms with Crippen LogP contribution in [0.15, 0.2) is 14.3 Å². The lowest BCUT2D eigenvalue weighted by Crippen LogP contribution is -2.21. The predicted octanol–water partition coefficient (Wildman–Crippen LogP) is 5.12. The van der Waals surface area contributed by atoms with Crippen LogP contribution in [0, 0.1) is 12.3 Å². The van der Waals surface area contributed by atoms with Crippen LogP contribution in [0.1, 0.15) is 43.5 Å². The van der Waals surface area contributed by atoms with Gasteiger partial charge >= 0.3 is 0 Å². The van der Waals surface area contributed by atoms with Gasteiger partial charge in [0.15, 0.2) is 0 Å². The first kappa shape index (κ1) is 15.2. The minimum absolute atomic E-state index is 0.427. The summed E-state index contributed by atoms with van der Waals surface area (Å²) < 4.78 is 2.30. The van der Waals surface area contributed by atoms with E-state index in [0.717, 1.165) is 40.5 Å². The van der Waals surface area contributed by atoms with E-state index < -0.39 is 0 Å². The van der Waals surface area contributed by atoms with Crippen molar-refractivity contribution in [2.75, 3.05) is 6.54 Å². The highest BCUT2D eigenvalue weighted by molar-refractivity contribution is 9.13. The first-order valence-corrected chi connectivity index (χ1v) is 8.20. The molecule has 0 aromatic carbocycles. The van der Waals surface area contributed by atoms with Crippen molar-refractivity contribution in [2.24, 2.45) is 0 Å². The molecule has 0 amide bonds. The van der Waals surface area contributed by atoms with Gasteiger partial charge in [-0.1, -0.05) is 6.92 Å². The lowest BCUT2D eigenvalue weighted by molar-refractivity contribution is 0.494. The largest absolute Gasteiger partial charge is 0.309 e. The van der Waals surface area contributed by atoms with Crippen molar-refractivity contribution in [3.05, 3.63) is 19.2 Å². The molecule has 1 atom stereocenters. The van der Waals surface area contributed by atoms with Crippen LogP contribution >= 0.6 is 43.2 Å². The van der Waals surface area contributed by atoms with Crippen LogP contribution in [-0.4, -0.2) is 6.54 Å². The van der Waals surface area contributed by atoms with E-state index in [1.807, 2.05) is 0 Å². The van der Waals surface area contributed by atoms with Crippen LogP contribution in [0.4, 0.5) is 0 Å². The van der Waals surface area contributed by atoms with E-state index in [0.29, 0.717) is 6.04 Å². The van der Waals surface area contributed by atoms with Gasteiger partial charge in [-0.15, -0.1) is 23.7 Å². The zero-order valence-corrected chi connectivity index (χ0v) is 13.9. The molecule has 4 heteroatoms. The van der Waals surface area contributed by atoms with Gasteiger partial charge in [0.25, 0.3) is 0 Å². The quantitative estimate of drug-likeness (QED) is 0.513. The second-order valence-corrected chi connectivity index (χ2v) is 7.13. The molecule has 1 nitrogen and oxygen atoms in total. The maximum absolute atomic E-state index is 5.30. The summed E-state index contributed by atoms with van der Waals surface area (Å²) in [6.07, 6.45) is 9.49. The Morgan fingerprint density at radius 1 is 1.53 bits per heavy atom.